The van der Waals surface area contributed by atoms with E-state index in [-0.39, 0.29) is 0 Å². The molecule has 1 aromatic heterocycles. The van der Waals surface area contributed by atoms with Crippen LogP contribution in [-0.2, 0) is 12.8 Å². The smallest absolute Gasteiger partial charge is 0.0648 e. The van der Waals surface area contributed by atoms with Gasteiger partial charge >= 0.3 is 0 Å². The van der Waals surface area contributed by atoms with Gasteiger partial charge in [0.15, 0.2) is 0 Å². The Kier molecular flexibility index (Phi) is 4.65. The van der Waals surface area contributed by atoms with Gasteiger partial charge in [-0.25, -0.2) is 4.68 Å². The fourth-order valence-corrected chi connectivity index (χ4v) is 3.28. The lowest BCUT2D eigenvalue weighted by molar-refractivity contribution is 0.860. The number of benzene rings is 3. The Hall–Kier alpha value is -3.13. The second kappa shape index (κ2) is 7.40. The molecule has 0 saturated heterocycles. The van der Waals surface area contributed by atoms with Crippen LogP contribution in [0.3, 0.4) is 0 Å². The predicted molar refractivity (Wildman–Crippen MR) is 107 cm³/mol. The lowest BCUT2D eigenvalue weighted by Gasteiger charge is -2.08. The van der Waals surface area contributed by atoms with Crippen LogP contribution in [0.1, 0.15) is 27.9 Å². The number of aryl methyl sites for hydroxylation is 1. The molecule has 0 aliphatic heterocycles. The molecule has 3 aromatic carbocycles. The molecule has 0 saturated carbocycles. The van der Waals surface area contributed by atoms with E-state index in [4.69, 9.17) is 0 Å². The normalized spacial score (nSPS) is 10.8. The molecule has 128 valence electrons. The van der Waals surface area contributed by atoms with Crippen molar-refractivity contribution in [3.8, 4) is 5.69 Å². The van der Waals surface area contributed by atoms with E-state index in [1.165, 1.54) is 22.3 Å². The summed E-state index contributed by atoms with van der Waals surface area (Å²) in [5, 5.41) is 4.51. The third kappa shape index (κ3) is 3.92. The molecule has 1 heterocycles. The Morgan fingerprint density at radius 3 is 1.96 bits per heavy atom. The van der Waals surface area contributed by atoms with E-state index < -0.39 is 0 Å². The van der Waals surface area contributed by atoms with Crippen molar-refractivity contribution in [1.82, 2.24) is 9.78 Å². The van der Waals surface area contributed by atoms with Crippen LogP contribution in [0, 0.1) is 6.92 Å². The molecule has 0 N–H and O–H groups in total. The summed E-state index contributed by atoms with van der Waals surface area (Å²) in [4.78, 5) is 0. The van der Waals surface area contributed by atoms with E-state index in [9.17, 15) is 0 Å². The van der Waals surface area contributed by atoms with Crippen molar-refractivity contribution in [1.29, 1.82) is 0 Å². The standard InChI is InChI=1S/C24H22N2/c1-19-13-14-26(25-19)24-12-6-11-23(18-24)17-22-10-5-9-21(16-22)15-20-7-3-2-4-8-20/h2-14,16,18H,15,17H2,1H3. The van der Waals surface area contributed by atoms with Crippen molar-refractivity contribution in [3.05, 3.63) is 119 Å². The second-order valence-corrected chi connectivity index (χ2v) is 6.73. The summed E-state index contributed by atoms with van der Waals surface area (Å²) in [5.74, 6) is 0. The van der Waals surface area contributed by atoms with Crippen LogP contribution in [0.25, 0.3) is 5.69 Å². The van der Waals surface area contributed by atoms with Gasteiger partial charge in [0.05, 0.1) is 11.4 Å². The molecule has 0 amide bonds. The summed E-state index contributed by atoms with van der Waals surface area (Å²) >= 11 is 0. The quantitative estimate of drug-likeness (QED) is 0.479. The molecule has 0 aliphatic carbocycles. The van der Waals surface area contributed by atoms with E-state index in [1.807, 2.05) is 23.9 Å². The van der Waals surface area contributed by atoms with Gasteiger partial charge in [-0.15, -0.1) is 0 Å². The number of nitrogens with zero attached hydrogens (tertiary/aromatic N) is 2. The SMILES string of the molecule is Cc1ccn(-c2cccc(Cc3cccc(Cc4ccccc4)c3)c2)n1. The van der Waals surface area contributed by atoms with Crippen molar-refractivity contribution < 1.29 is 0 Å². The molecule has 0 bridgehead atoms. The van der Waals surface area contributed by atoms with Crippen LogP contribution >= 0.6 is 0 Å². The first-order chi connectivity index (χ1) is 12.8. The molecule has 0 atom stereocenters. The van der Waals surface area contributed by atoms with Crippen molar-refractivity contribution in [2.24, 2.45) is 0 Å². The molecule has 2 heteroatoms. The summed E-state index contributed by atoms with van der Waals surface area (Å²) in [5.41, 5.74) is 7.48. The Bertz CT molecular complexity index is 999. The molecule has 0 aliphatic rings. The van der Waals surface area contributed by atoms with Crippen molar-refractivity contribution in [3.63, 3.8) is 0 Å². The molecule has 4 rings (SSSR count). The van der Waals surface area contributed by atoms with E-state index in [0.29, 0.717) is 0 Å². The van der Waals surface area contributed by atoms with Crippen LogP contribution in [0.15, 0.2) is 91.1 Å². The molecule has 26 heavy (non-hydrogen) atoms. The number of hydrogen-bond donors (Lipinski definition) is 0. The van der Waals surface area contributed by atoms with Crippen LogP contribution in [-0.4, -0.2) is 9.78 Å². The lowest BCUT2D eigenvalue weighted by Crippen LogP contribution is -1.97. The summed E-state index contributed by atoms with van der Waals surface area (Å²) in [6, 6.07) is 30.2. The van der Waals surface area contributed by atoms with Gasteiger partial charge in [-0.1, -0.05) is 66.7 Å². The zero-order valence-electron chi connectivity index (χ0n) is 15.0. The molecule has 0 fully saturated rings. The molecule has 4 aromatic rings. The van der Waals surface area contributed by atoms with Gasteiger partial charge in [0, 0.05) is 6.20 Å². The maximum absolute atomic E-state index is 4.51. The second-order valence-electron chi connectivity index (χ2n) is 6.73. The highest BCUT2D eigenvalue weighted by molar-refractivity contribution is 5.39. The van der Waals surface area contributed by atoms with E-state index in [2.05, 4.69) is 84.0 Å². The van der Waals surface area contributed by atoms with Gasteiger partial charge in [0.1, 0.15) is 0 Å². The Morgan fingerprint density at radius 1 is 0.654 bits per heavy atom. The van der Waals surface area contributed by atoms with Gasteiger partial charge < -0.3 is 0 Å². The highest BCUT2D eigenvalue weighted by Crippen LogP contribution is 2.17. The fraction of sp³-hybridized carbons (Fsp3) is 0.125. The zero-order valence-corrected chi connectivity index (χ0v) is 15.0. The van der Waals surface area contributed by atoms with Gasteiger partial charge in [0.25, 0.3) is 0 Å². The minimum atomic E-state index is 0.927. The summed E-state index contributed by atoms with van der Waals surface area (Å²) in [7, 11) is 0. The predicted octanol–water partition coefficient (Wildman–Crippen LogP) is 5.36. The van der Waals surface area contributed by atoms with Crippen molar-refractivity contribution in [2.45, 2.75) is 19.8 Å². The Labute approximate surface area is 154 Å². The zero-order chi connectivity index (χ0) is 17.8. The van der Waals surface area contributed by atoms with Gasteiger partial charge in [0.2, 0.25) is 0 Å². The highest BCUT2D eigenvalue weighted by Gasteiger charge is 2.03. The minimum absolute atomic E-state index is 0.927. The lowest BCUT2D eigenvalue weighted by atomic mass is 9.99. The van der Waals surface area contributed by atoms with Gasteiger partial charge in [-0.2, -0.15) is 5.10 Å². The molecule has 0 unspecified atom stereocenters. The average molecular weight is 338 g/mol. The maximum Gasteiger partial charge on any atom is 0.0648 e. The first-order valence-electron chi connectivity index (χ1n) is 9.00. The van der Waals surface area contributed by atoms with E-state index in [0.717, 1.165) is 24.2 Å². The fourth-order valence-electron chi connectivity index (χ4n) is 3.28. The summed E-state index contributed by atoms with van der Waals surface area (Å²) < 4.78 is 1.94. The molecule has 2 nitrogen and oxygen atoms in total. The topological polar surface area (TPSA) is 17.8 Å². The van der Waals surface area contributed by atoms with E-state index in [1.54, 1.807) is 0 Å². The van der Waals surface area contributed by atoms with Crippen molar-refractivity contribution >= 4 is 0 Å². The van der Waals surface area contributed by atoms with Crippen LogP contribution < -0.4 is 0 Å². The molecule has 0 spiro atoms. The van der Waals surface area contributed by atoms with Crippen LogP contribution in [0.2, 0.25) is 0 Å². The number of rotatable bonds is 5. The number of hydrogen-bond acceptors (Lipinski definition) is 1. The molecule has 0 radical (unpaired) electrons. The first-order valence-corrected chi connectivity index (χ1v) is 9.00. The number of aromatic nitrogens is 2. The average Bonchev–Trinajstić information content (AvgIpc) is 3.10. The van der Waals surface area contributed by atoms with Crippen LogP contribution in [0.4, 0.5) is 0 Å². The highest BCUT2D eigenvalue weighted by atomic mass is 15.3. The Morgan fingerprint density at radius 2 is 1.27 bits per heavy atom. The third-order valence-electron chi connectivity index (χ3n) is 4.55. The molecular weight excluding hydrogens is 316 g/mol. The third-order valence-corrected chi connectivity index (χ3v) is 4.55. The summed E-state index contributed by atoms with van der Waals surface area (Å²) in [6.07, 6.45) is 3.91. The maximum atomic E-state index is 4.51. The minimum Gasteiger partial charge on any atom is -0.241 e. The van der Waals surface area contributed by atoms with Gasteiger partial charge in [-0.3, -0.25) is 0 Å². The van der Waals surface area contributed by atoms with Crippen molar-refractivity contribution in [2.75, 3.05) is 0 Å². The van der Waals surface area contributed by atoms with E-state index >= 15 is 0 Å². The largest absolute Gasteiger partial charge is 0.241 e. The monoisotopic (exact) mass is 338 g/mol. The van der Waals surface area contributed by atoms with Crippen LogP contribution in [0.5, 0.6) is 0 Å². The first kappa shape index (κ1) is 16.3. The summed E-state index contributed by atoms with van der Waals surface area (Å²) in [6.45, 7) is 2.01. The molecular formula is C24H22N2. The Balaban J connectivity index is 1.53. The van der Waals surface area contributed by atoms with Gasteiger partial charge in [-0.05, 0) is 60.2 Å².